The molecule has 4 nitrogen and oxygen atoms in total. The van der Waals surface area contributed by atoms with Gasteiger partial charge in [-0.25, -0.2) is 0 Å². The van der Waals surface area contributed by atoms with Gasteiger partial charge in [-0.15, -0.1) is 0 Å². The van der Waals surface area contributed by atoms with Gasteiger partial charge >= 0.3 is 0 Å². The van der Waals surface area contributed by atoms with Crippen LogP contribution < -0.4 is 5.32 Å². The second-order valence-corrected chi connectivity index (χ2v) is 5.14. The van der Waals surface area contributed by atoms with Gasteiger partial charge in [-0.1, -0.05) is 20.3 Å². The molecular weight excluding hydrogens is 226 g/mol. The minimum Gasteiger partial charge on any atom is -0.387 e. The van der Waals surface area contributed by atoms with Gasteiger partial charge in [-0.3, -0.25) is 4.68 Å². The second-order valence-electron chi connectivity index (χ2n) is 5.14. The van der Waals surface area contributed by atoms with Gasteiger partial charge in [0.1, 0.15) is 0 Å². The molecule has 2 rings (SSSR count). The predicted molar refractivity (Wildman–Crippen MR) is 72.6 cm³/mol. The molecule has 2 unspecified atom stereocenters. The molecule has 1 fully saturated rings. The maximum Gasteiger partial charge on any atom is 0.0978 e. The van der Waals surface area contributed by atoms with Crippen LogP contribution in [0.3, 0.4) is 0 Å². The van der Waals surface area contributed by atoms with Crippen molar-refractivity contribution in [2.75, 3.05) is 6.54 Å². The van der Waals surface area contributed by atoms with Gasteiger partial charge in [-0.05, 0) is 32.2 Å². The van der Waals surface area contributed by atoms with Crippen LogP contribution in [0.15, 0.2) is 0 Å². The van der Waals surface area contributed by atoms with Crippen molar-refractivity contribution in [3.8, 4) is 0 Å². The molecule has 1 aliphatic rings. The van der Waals surface area contributed by atoms with Crippen molar-refractivity contribution in [2.24, 2.45) is 7.05 Å². The van der Waals surface area contributed by atoms with Crippen LogP contribution in [0.2, 0.25) is 0 Å². The van der Waals surface area contributed by atoms with E-state index in [1.54, 1.807) is 0 Å². The summed E-state index contributed by atoms with van der Waals surface area (Å²) in [4.78, 5) is 0. The lowest BCUT2D eigenvalue weighted by molar-refractivity contribution is 0.112. The minimum atomic E-state index is -0.413. The van der Waals surface area contributed by atoms with E-state index < -0.39 is 6.10 Å². The first-order chi connectivity index (χ1) is 8.69. The third-order valence-electron chi connectivity index (χ3n) is 3.98. The summed E-state index contributed by atoms with van der Waals surface area (Å²) in [6.45, 7) is 5.25. The quantitative estimate of drug-likeness (QED) is 0.856. The number of aryl methyl sites for hydroxylation is 2. The van der Waals surface area contributed by atoms with Gasteiger partial charge in [0.15, 0.2) is 0 Å². The molecule has 0 bridgehead atoms. The Morgan fingerprint density at radius 3 is 2.72 bits per heavy atom. The SMILES string of the molecule is CCc1nn(C)c(CC)c1C(O)C1CCCCN1. The van der Waals surface area contributed by atoms with E-state index >= 15 is 0 Å². The number of aliphatic hydroxyl groups excluding tert-OH is 1. The van der Waals surface area contributed by atoms with Crippen molar-refractivity contribution in [1.29, 1.82) is 0 Å². The first kappa shape index (κ1) is 13.6. The van der Waals surface area contributed by atoms with E-state index in [2.05, 4.69) is 24.3 Å². The van der Waals surface area contributed by atoms with E-state index in [-0.39, 0.29) is 6.04 Å². The number of rotatable bonds is 4. The van der Waals surface area contributed by atoms with Crippen LogP contribution in [0.5, 0.6) is 0 Å². The smallest absolute Gasteiger partial charge is 0.0978 e. The number of aromatic nitrogens is 2. The Morgan fingerprint density at radius 1 is 1.39 bits per heavy atom. The molecule has 0 spiro atoms. The summed E-state index contributed by atoms with van der Waals surface area (Å²) in [7, 11) is 1.97. The highest BCUT2D eigenvalue weighted by Crippen LogP contribution is 2.28. The number of hydrogen-bond acceptors (Lipinski definition) is 3. The molecule has 0 amide bonds. The van der Waals surface area contributed by atoms with E-state index in [1.807, 2.05) is 11.7 Å². The maximum atomic E-state index is 10.7. The summed E-state index contributed by atoms with van der Waals surface area (Å²) in [5, 5.41) is 18.7. The number of nitrogens with zero attached hydrogens (tertiary/aromatic N) is 2. The van der Waals surface area contributed by atoms with E-state index in [4.69, 9.17) is 0 Å². The van der Waals surface area contributed by atoms with E-state index in [1.165, 1.54) is 18.5 Å². The van der Waals surface area contributed by atoms with Gasteiger partial charge in [0.05, 0.1) is 11.8 Å². The van der Waals surface area contributed by atoms with Crippen molar-refractivity contribution in [3.63, 3.8) is 0 Å². The summed E-state index contributed by atoms with van der Waals surface area (Å²) in [5.74, 6) is 0. The fourth-order valence-corrected chi connectivity index (χ4v) is 3.01. The zero-order chi connectivity index (χ0) is 13.1. The van der Waals surface area contributed by atoms with Crippen molar-refractivity contribution in [1.82, 2.24) is 15.1 Å². The molecule has 0 aliphatic carbocycles. The fraction of sp³-hybridized carbons (Fsp3) is 0.786. The monoisotopic (exact) mass is 251 g/mol. The molecule has 2 atom stereocenters. The van der Waals surface area contributed by atoms with E-state index in [9.17, 15) is 5.11 Å². The molecule has 18 heavy (non-hydrogen) atoms. The summed E-state index contributed by atoms with van der Waals surface area (Å²) in [6, 6.07) is 0.193. The standard InChI is InChI=1S/C14H25N3O/c1-4-10-13(12(5-2)17(3)16-10)14(18)11-8-6-7-9-15-11/h11,14-15,18H,4-9H2,1-3H3. The zero-order valence-corrected chi connectivity index (χ0v) is 11.7. The van der Waals surface area contributed by atoms with Crippen LogP contribution in [0.4, 0.5) is 0 Å². The molecule has 2 N–H and O–H groups in total. The normalized spacial score (nSPS) is 22.1. The average Bonchev–Trinajstić information content (AvgIpc) is 2.74. The van der Waals surface area contributed by atoms with Crippen LogP contribution in [0, 0.1) is 0 Å². The summed E-state index contributed by atoms with van der Waals surface area (Å²) in [6.07, 6.45) is 4.87. The third kappa shape index (κ3) is 2.45. The Bertz CT molecular complexity index is 394. The van der Waals surface area contributed by atoms with Crippen molar-refractivity contribution < 1.29 is 5.11 Å². The summed E-state index contributed by atoms with van der Waals surface area (Å²) in [5.41, 5.74) is 3.29. The summed E-state index contributed by atoms with van der Waals surface area (Å²) < 4.78 is 1.93. The van der Waals surface area contributed by atoms with E-state index in [0.717, 1.165) is 37.1 Å². The van der Waals surface area contributed by atoms with Crippen LogP contribution in [0.1, 0.15) is 56.2 Å². The minimum absolute atomic E-state index is 0.193. The Kier molecular flexibility index (Phi) is 4.40. The fourth-order valence-electron chi connectivity index (χ4n) is 3.01. The lowest BCUT2D eigenvalue weighted by atomic mass is 9.92. The largest absolute Gasteiger partial charge is 0.387 e. The number of nitrogens with one attached hydrogen (secondary N) is 1. The zero-order valence-electron chi connectivity index (χ0n) is 11.7. The Hall–Kier alpha value is -0.870. The predicted octanol–water partition coefficient (Wildman–Crippen LogP) is 1.72. The first-order valence-electron chi connectivity index (χ1n) is 7.15. The first-order valence-corrected chi connectivity index (χ1v) is 7.15. The molecule has 1 saturated heterocycles. The van der Waals surface area contributed by atoms with Crippen molar-refractivity contribution >= 4 is 0 Å². The van der Waals surface area contributed by atoms with Crippen LogP contribution in [-0.4, -0.2) is 27.5 Å². The lowest BCUT2D eigenvalue weighted by Gasteiger charge is -2.28. The molecule has 0 aromatic carbocycles. The Morgan fingerprint density at radius 2 is 2.17 bits per heavy atom. The molecule has 0 saturated carbocycles. The van der Waals surface area contributed by atoms with Crippen LogP contribution >= 0.6 is 0 Å². The number of aliphatic hydroxyl groups is 1. The Labute approximate surface area is 109 Å². The molecule has 1 aromatic heterocycles. The highest BCUT2D eigenvalue weighted by Gasteiger charge is 2.28. The molecule has 4 heteroatoms. The molecule has 1 aromatic rings. The Balaban J connectivity index is 2.29. The lowest BCUT2D eigenvalue weighted by Crippen LogP contribution is -2.39. The highest BCUT2D eigenvalue weighted by atomic mass is 16.3. The molecule has 102 valence electrons. The molecule has 2 heterocycles. The molecule has 0 radical (unpaired) electrons. The van der Waals surface area contributed by atoms with E-state index in [0.29, 0.717) is 0 Å². The third-order valence-corrected chi connectivity index (χ3v) is 3.98. The van der Waals surface area contributed by atoms with Crippen LogP contribution in [-0.2, 0) is 19.9 Å². The van der Waals surface area contributed by atoms with Crippen molar-refractivity contribution in [2.45, 2.75) is 58.1 Å². The topological polar surface area (TPSA) is 50.1 Å². The van der Waals surface area contributed by atoms with Gasteiger partial charge in [-0.2, -0.15) is 5.10 Å². The number of piperidine rings is 1. The second kappa shape index (κ2) is 5.85. The maximum absolute atomic E-state index is 10.7. The van der Waals surface area contributed by atoms with Gasteiger partial charge in [0.2, 0.25) is 0 Å². The van der Waals surface area contributed by atoms with Crippen LogP contribution in [0.25, 0.3) is 0 Å². The summed E-state index contributed by atoms with van der Waals surface area (Å²) >= 11 is 0. The highest BCUT2D eigenvalue weighted by molar-refractivity contribution is 5.30. The molecular formula is C14H25N3O. The average molecular weight is 251 g/mol. The van der Waals surface area contributed by atoms with Gasteiger partial charge in [0, 0.05) is 24.3 Å². The molecule has 1 aliphatic heterocycles. The van der Waals surface area contributed by atoms with Gasteiger partial charge in [0.25, 0.3) is 0 Å². The van der Waals surface area contributed by atoms with Crippen molar-refractivity contribution in [3.05, 3.63) is 17.0 Å². The number of hydrogen-bond donors (Lipinski definition) is 2. The van der Waals surface area contributed by atoms with Gasteiger partial charge < -0.3 is 10.4 Å².